The van der Waals surface area contributed by atoms with Crippen LogP contribution in [0.4, 0.5) is 0 Å². The Morgan fingerprint density at radius 2 is 2.00 bits per heavy atom. The summed E-state index contributed by atoms with van der Waals surface area (Å²) in [5, 5.41) is 0. The Kier molecular flexibility index (Phi) is 4.06. The van der Waals surface area contributed by atoms with Crippen LogP contribution in [0.25, 0.3) is 11.0 Å². The van der Waals surface area contributed by atoms with Gasteiger partial charge in [-0.1, -0.05) is 18.9 Å². The number of hydrogen-bond donors (Lipinski definition) is 1. The van der Waals surface area contributed by atoms with Gasteiger partial charge in [-0.2, -0.15) is 0 Å². The van der Waals surface area contributed by atoms with E-state index in [2.05, 4.69) is 29.7 Å². The molecule has 0 unspecified atom stereocenters. The average molecular weight is 271 g/mol. The molecule has 1 aliphatic rings. The first kappa shape index (κ1) is 13.6. The van der Waals surface area contributed by atoms with Crippen LogP contribution in [0.5, 0.6) is 0 Å². The Balaban J connectivity index is 1.77. The highest BCUT2D eigenvalue weighted by Crippen LogP contribution is 2.39. The van der Waals surface area contributed by atoms with Crippen LogP contribution in [0, 0.1) is 6.92 Å². The Labute approximate surface area is 121 Å². The molecule has 1 aromatic heterocycles. The van der Waals surface area contributed by atoms with Crippen molar-refractivity contribution in [2.75, 3.05) is 6.54 Å². The largest absolute Gasteiger partial charge is 0.330 e. The molecule has 2 N–H and O–H groups in total. The minimum Gasteiger partial charge on any atom is -0.330 e. The minimum absolute atomic E-state index is 0.710. The molecule has 1 heterocycles. The monoisotopic (exact) mass is 271 g/mol. The number of fused-ring (bicyclic) bond motifs is 1. The summed E-state index contributed by atoms with van der Waals surface area (Å²) in [6.07, 6.45) is 8.64. The molecule has 0 atom stereocenters. The molecule has 2 aromatic rings. The fourth-order valence-corrected chi connectivity index (χ4v) is 2.96. The van der Waals surface area contributed by atoms with Gasteiger partial charge in [0.2, 0.25) is 0 Å². The molecule has 0 spiro atoms. The summed E-state index contributed by atoms with van der Waals surface area (Å²) < 4.78 is 2.50. The number of rotatable bonds is 7. The van der Waals surface area contributed by atoms with Crippen molar-refractivity contribution in [1.29, 1.82) is 0 Å². The maximum Gasteiger partial charge on any atom is 0.110 e. The number of nitrogens with two attached hydrogens (primary N) is 1. The van der Waals surface area contributed by atoms with Crippen LogP contribution in [0.2, 0.25) is 0 Å². The zero-order valence-corrected chi connectivity index (χ0v) is 12.4. The number of aromatic nitrogens is 2. The van der Waals surface area contributed by atoms with Gasteiger partial charge < -0.3 is 10.3 Å². The molecule has 1 fully saturated rings. The van der Waals surface area contributed by atoms with Crippen LogP contribution in [-0.4, -0.2) is 16.1 Å². The van der Waals surface area contributed by atoms with Crippen molar-refractivity contribution in [3.05, 3.63) is 29.6 Å². The van der Waals surface area contributed by atoms with Crippen molar-refractivity contribution < 1.29 is 0 Å². The van der Waals surface area contributed by atoms with Gasteiger partial charge in [0, 0.05) is 12.5 Å². The Hall–Kier alpha value is -1.35. The van der Waals surface area contributed by atoms with Gasteiger partial charge in [0.25, 0.3) is 0 Å². The molecule has 0 radical (unpaired) electrons. The molecule has 108 valence electrons. The second-order valence-electron chi connectivity index (χ2n) is 6.07. The second kappa shape index (κ2) is 5.96. The second-order valence-corrected chi connectivity index (χ2v) is 6.07. The van der Waals surface area contributed by atoms with Crippen LogP contribution in [-0.2, 0) is 6.42 Å². The molecule has 0 aliphatic heterocycles. The predicted molar refractivity (Wildman–Crippen MR) is 84.0 cm³/mol. The normalized spacial score (nSPS) is 15.1. The highest BCUT2D eigenvalue weighted by molar-refractivity contribution is 5.77. The fourth-order valence-electron chi connectivity index (χ4n) is 2.96. The van der Waals surface area contributed by atoms with Gasteiger partial charge in [0.15, 0.2) is 0 Å². The summed E-state index contributed by atoms with van der Waals surface area (Å²) in [5.74, 6) is 1.29. The molecule has 1 aromatic carbocycles. The lowest BCUT2D eigenvalue weighted by Crippen LogP contribution is -2.02. The Morgan fingerprint density at radius 1 is 1.20 bits per heavy atom. The molecule has 0 amide bonds. The third kappa shape index (κ3) is 2.88. The number of aryl methyl sites for hydroxylation is 2. The minimum atomic E-state index is 0.710. The van der Waals surface area contributed by atoms with Gasteiger partial charge in [-0.25, -0.2) is 4.98 Å². The molecular weight excluding hydrogens is 246 g/mol. The Morgan fingerprint density at radius 3 is 2.75 bits per heavy atom. The van der Waals surface area contributed by atoms with E-state index >= 15 is 0 Å². The van der Waals surface area contributed by atoms with E-state index in [0.717, 1.165) is 19.4 Å². The van der Waals surface area contributed by atoms with E-state index in [-0.39, 0.29) is 0 Å². The van der Waals surface area contributed by atoms with Crippen molar-refractivity contribution in [3.8, 4) is 0 Å². The number of hydrogen-bond acceptors (Lipinski definition) is 2. The van der Waals surface area contributed by atoms with Gasteiger partial charge >= 0.3 is 0 Å². The van der Waals surface area contributed by atoms with E-state index in [4.69, 9.17) is 10.7 Å². The summed E-state index contributed by atoms with van der Waals surface area (Å²) in [7, 11) is 0. The molecule has 20 heavy (non-hydrogen) atoms. The smallest absolute Gasteiger partial charge is 0.110 e. The summed E-state index contributed by atoms with van der Waals surface area (Å²) in [4.78, 5) is 4.89. The van der Waals surface area contributed by atoms with E-state index in [1.54, 1.807) is 0 Å². The van der Waals surface area contributed by atoms with Crippen molar-refractivity contribution in [2.24, 2.45) is 5.73 Å². The van der Waals surface area contributed by atoms with E-state index in [1.807, 2.05) is 0 Å². The fraction of sp³-hybridized carbons (Fsp3) is 0.588. The maximum absolute atomic E-state index is 5.54. The summed E-state index contributed by atoms with van der Waals surface area (Å²) >= 11 is 0. The summed E-state index contributed by atoms with van der Waals surface area (Å²) in [6.45, 7) is 2.96. The van der Waals surface area contributed by atoms with Gasteiger partial charge in [0.05, 0.1) is 11.0 Å². The van der Waals surface area contributed by atoms with Gasteiger partial charge in [0.1, 0.15) is 5.82 Å². The standard InChI is InChI=1S/C17H25N3/c1-13-7-10-16-15(12-13)19-17(20(16)14-8-9-14)6-4-2-3-5-11-18/h7,10,12,14H,2-6,8-9,11,18H2,1H3. The number of unbranched alkanes of at least 4 members (excludes halogenated alkanes) is 3. The average Bonchev–Trinajstić information content (AvgIpc) is 3.20. The third-order valence-electron chi connectivity index (χ3n) is 4.18. The lowest BCUT2D eigenvalue weighted by Gasteiger charge is -2.07. The highest BCUT2D eigenvalue weighted by atomic mass is 15.1. The summed E-state index contributed by atoms with van der Waals surface area (Å²) in [5.41, 5.74) is 9.34. The maximum atomic E-state index is 5.54. The molecule has 3 rings (SSSR count). The first-order valence-corrected chi connectivity index (χ1v) is 7.97. The van der Waals surface area contributed by atoms with Gasteiger partial charge in [-0.15, -0.1) is 0 Å². The zero-order valence-electron chi connectivity index (χ0n) is 12.4. The topological polar surface area (TPSA) is 43.8 Å². The Bertz CT molecular complexity index is 581. The van der Waals surface area contributed by atoms with E-state index in [1.165, 1.54) is 54.5 Å². The number of nitrogens with zero attached hydrogens (tertiary/aromatic N) is 2. The SMILES string of the molecule is Cc1ccc2c(c1)nc(CCCCCCN)n2C1CC1. The molecule has 0 saturated heterocycles. The lowest BCUT2D eigenvalue weighted by atomic mass is 10.1. The van der Waals surface area contributed by atoms with Crippen molar-refractivity contribution in [1.82, 2.24) is 9.55 Å². The molecule has 1 saturated carbocycles. The van der Waals surface area contributed by atoms with E-state index in [9.17, 15) is 0 Å². The molecule has 0 bridgehead atoms. The predicted octanol–water partition coefficient (Wildman–Crippen LogP) is 3.74. The first-order chi connectivity index (χ1) is 9.79. The van der Waals surface area contributed by atoms with Crippen LogP contribution in [0.3, 0.4) is 0 Å². The van der Waals surface area contributed by atoms with Crippen LogP contribution in [0.1, 0.15) is 56.0 Å². The van der Waals surface area contributed by atoms with Crippen LogP contribution < -0.4 is 5.73 Å². The van der Waals surface area contributed by atoms with E-state index < -0.39 is 0 Å². The van der Waals surface area contributed by atoms with Crippen molar-refractivity contribution in [3.63, 3.8) is 0 Å². The van der Waals surface area contributed by atoms with Crippen molar-refractivity contribution >= 4 is 11.0 Å². The molecule has 3 heteroatoms. The zero-order chi connectivity index (χ0) is 13.9. The summed E-state index contributed by atoms with van der Waals surface area (Å²) in [6, 6.07) is 7.37. The number of imidazole rings is 1. The molecule has 3 nitrogen and oxygen atoms in total. The van der Waals surface area contributed by atoms with Crippen molar-refractivity contribution in [2.45, 2.75) is 57.9 Å². The lowest BCUT2D eigenvalue weighted by molar-refractivity contribution is 0.612. The highest BCUT2D eigenvalue weighted by Gasteiger charge is 2.27. The van der Waals surface area contributed by atoms with E-state index in [0.29, 0.717) is 6.04 Å². The quantitative estimate of drug-likeness (QED) is 0.780. The number of benzene rings is 1. The van der Waals surface area contributed by atoms with Gasteiger partial charge in [-0.3, -0.25) is 0 Å². The third-order valence-corrected chi connectivity index (χ3v) is 4.18. The van der Waals surface area contributed by atoms with Crippen LogP contribution in [0.15, 0.2) is 18.2 Å². The first-order valence-electron chi connectivity index (χ1n) is 7.97. The molecule has 1 aliphatic carbocycles. The van der Waals surface area contributed by atoms with Gasteiger partial charge in [-0.05, 0) is 56.8 Å². The molecular formula is C17H25N3. The van der Waals surface area contributed by atoms with Crippen LogP contribution >= 0.6 is 0 Å².